The van der Waals surface area contributed by atoms with Gasteiger partial charge in [-0.05, 0) is 53.6 Å². The molecule has 2 aromatic heterocycles. The molecule has 2 heterocycles. The van der Waals surface area contributed by atoms with Crippen molar-refractivity contribution < 1.29 is 23.1 Å². The number of ether oxygens (including phenoxy) is 2. The summed E-state index contributed by atoms with van der Waals surface area (Å²) in [4.78, 5) is 39.8. The van der Waals surface area contributed by atoms with Gasteiger partial charge in [-0.25, -0.2) is 9.18 Å². The van der Waals surface area contributed by atoms with Crippen LogP contribution < -0.4 is 26.0 Å². The number of benzene rings is 3. The number of amides is 1. The molecule has 0 spiro atoms. The number of hydrogen-bond acceptors (Lipinski definition) is 6. The van der Waals surface area contributed by atoms with E-state index in [0.717, 1.165) is 4.57 Å². The third-order valence-electron chi connectivity index (χ3n) is 6.52. The highest BCUT2D eigenvalue weighted by atomic mass is 19.1. The number of fused-ring (bicyclic) bond motifs is 1. The number of aromatic nitrogens is 2. The van der Waals surface area contributed by atoms with Crippen LogP contribution in [0.1, 0.15) is 27.2 Å². The topological polar surface area (TPSA) is 105 Å². The van der Waals surface area contributed by atoms with Gasteiger partial charge in [0.05, 0.1) is 51.0 Å². The van der Waals surface area contributed by atoms with Gasteiger partial charge in [0.15, 0.2) is 11.5 Å². The molecule has 5 aromatic rings. The number of hydrogen-bond donors (Lipinski definition) is 1. The second-order valence-corrected chi connectivity index (χ2v) is 9.07. The number of nitrogens with zero attached hydrogens (tertiary/aromatic N) is 2. The molecule has 0 atom stereocenters. The van der Waals surface area contributed by atoms with E-state index in [1.807, 2.05) is 0 Å². The normalized spacial score (nSPS) is 11.0. The molecule has 0 saturated carbocycles. The molecule has 3 aromatic carbocycles. The van der Waals surface area contributed by atoms with E-state index in [9.17, 15) is 18.8 Å². The molecule has 0 radical (unpaired) electrons. The Bertz CT molecular complexity index is 1790. The Labute approximate surface area is 228 Å². The lowest BCUT2D eigenvalue weighted by atomic mass is 10.1. The maximum absolute atomic E-state index is 13.9. The second-order valence-electron chi connectivity index (χ2n) is 9.07. The van der Waals surface area contributed by atoms with Crippen LogP contribution in [0.25, 0.3) is 10.9 Å². The largest absolute Gasteiger partial charge is 0.493 e. The van der Waals surface area contributed by atoms with E-state index in [1.165, 1.54) is 43.2 Å². The quantitative estimate of drug-likeness (QED) is 0.302. The summed E-state index contributed by atoms with van der Waals surface area (Å²) in [7, 11) is 2.91. The molecule has 1 N–H and O–H groups in total. The van der Waals surface area contributed by atoms with Crippen LogP contribution in [0.4, 0.5) is 4.39 Å². The van der Waals surface area contributed by atoms with Gasteiger partial charge in [0.1, 0.15) is 11.6 Å². The minimum Gasteiger partial charge on any atom is -0.493 e. The summed E-state index contributed by atoms with van der Waals surface area (Å²) < 4.78 is 32.5. The highest BCUT2D eigenvalue weighted by Crippen LogP contribution is 2.30. The number of methoxy groups -OCH3 is 2. The fourth-order valence-electron chi connectivity index (χ4n) is 4.48. The fourth-order valence-corrected chi connectivity index (χ4v) is 4.48. The Morgan fingerprint density at radius 1 is 0.875 bits per heavy atom. The summed E-state index contributed by atoms with van der Waals surface area (Å²) in [5, 5.41) is 3.01. The van der Waals surface area contributed by atoms with Gasteiger partial charge in [-0.15, -0.1) is 0 Å². The van der Waals surface area contributed by atoms with Crippen molar-refractivity contribution in [2.24, 2.45) is 0 Å². The second kappa shape index (κ2) is 11.3. The smallest absolute Gasteiger partial charge is 0.332 e. The van der Waals surface area contributed by atoms with E-state index in [0.29, 0.717) is 39.5 Å². The van der Waals surface area contributed by atoms with Crippen molar-refractivity contribution in [2.75, 3.05) is 14.2 Å². The molecular weight excluding hydrogens is 517 g/mol. The first kappa shape index (κ1) is 26.5. The number of halogens is 1. The summed E-state index contributed by atoms with van der Waals surface area (Å²) >= 11 is 0. The zero-order chi connectivity index (χ0) is 28.2. The number of rotatable bonds is 9. The van der Waals surface area contributed by atoms with Gasteiger partial charge in [-0.3, -0.25) is 18.7 Å². The van der Waals surface area contributed by atoms with E-state index in [-0.39, 0.29) is 30.9 Å². The Balaban J connectivity index is 1.52. The van der Waals surface area contributed by atoms with Crippen molar-refractivity contribution >= 4 is 16.8 Å². The van der Waals surface area contributed by atoms with Gasteiger partial charge in [0.2, 0.25) is 0 Å². The fraction of sp³-hybridized carbons (Fsp3) is 0.167. The van der Waals surface area contributed by atoms with E-state index in [4.69, 9.17) is 13.9 Å². The predicted molar refractivity (Wildman–Crippen MR) is 146 cm³/mol. The molecular formula is C30H26FN3O6. The van der Waals surface area contributed by atoms with Crippen LogP contribution in [0, 0.1) is 5.82 Å². The number of furan rings is 1. The third kappa shape index (κ3) is 5.37. The first-order valence-electron chi connectivity index (χ1n) is 12.4. The van der Waals surface area contributed by atoms with Crippen molar-refractivity contribution in [3.05, 3.63) is 128 Å². The number of carbonyl (C=O) groups excluding carboxylic acids is 1. The van der Waals surface area contributed by atoms with Crippen LogP contribution >= 0.6 is 0 Å². The average Bonchev–Trinajstić information content (AvgIpc) is 3.50. The lowest BCUT2D eigenvalue weighted by molar-refractivity contribution is 0.0948. The first-order valence-corrected chi connectivity index (χ1v) is 12.4. The lowest BCUT2D eigenvalue weighted by Crippen LogP contribution is -2.40. The van der Waals surface area contributed by atoms with Crippen LogP contribution in [-0.2, 0) is 19.6 Å². The molecule has 0 bridgehead atoms. The molecule has 1 amide bonds. The maximum atomic E-state index is 13.9. The molecule has 0 aliphatic heterocycles. The summed E-state index contributed by atoms with van der Waals surface area (Å²) in [5.74, 6) is 0.587. The summed E-state index contributed by atoms with van der Waals surface area (Å²) in [6.07, 6.45) is 1.53. The van der Waals surface area contributed by atoms with Crippen molar-refractivity contribution in [2.45, 2.75) is 19.6 Å². The van der Waals surface area contributed by atoms with Gasteiger partial charge in [-0.2, -0.15) is 0 Å². The van der Waals surface area contributed by atoms with E-state index >= 15 is 0 Å². The number of carbonyl (C=O) groups is 1. The third-order valence-corrected chi connectivity index (χ3v) is 6.52. The van der Waals surface area contributed by atoms with Crippen LogP contribution in [0.15, 0.2) is 93.1 Å². The monoisotopic (exact) mass is 543 g/mol. The van der Waals surface area contributed by atoms with Gasteiger partial charge in [0.25, 0.3) is 11.5 Å². The Morgan fingerprint density at radius 3 is 2.27 bits per heavy atom. The molecule has 0 aliphatic rings. The van der Waals surface area contributed by atoms with Crippen LogP contribution in [-0.4, -0.2) is 29.3 Å². The Morgan fingerprint density at radius 2 is 1.60 bits per heavy atom. The number of nitrogens with one attached hydrogen (secondary N) is 1. The van der Waals surface area contributed by atoms with Crippen LogP contribution in [0.5, 0.6) is 11.5 Å². The highest BCUT2D eigenvalue weighted by Gasteiger charge is 2.18. The van der Waals surface area contributed by atoms with Crippen molar-refractivity contribution in [1.82, 2.24) is 14.5 Å². The van der Waals surface area contributed by atoms with Crippen LogP contribution in [0.2, 0.25) is 0 Å². The minimum absolute atomic E-state index is 0.0254. The van der Waals surface area contributed by atoms with E-state index in [1.54, 1.807) is 54.6 Å². The van der Waals surface area contributed by atoms with Crippen molar-refractivity contribution in [1.29, 1.82) is 0 Å². The van der Waals surface area contributed by atoms with Crippen molar-refractivity contribution in [3.8, 4) is 11.5 Å². The first-order chi connectivity index (χ1) is 19.4. The Hall–Kier alpha value is -5.12. The van der Waals surface area contributed by atoms with Gasteiger partial charge in [0, 0.05) is 11.6 Å². The summed E-state index contributed by atoms with van der Waals surface area (Å²) in [5.41, 5.74) is 0.844. The van der Waals surface area contributed by atoms with Gasteiger partial charge < -0.3 is 19.2 Å². The SMILES string of the molecule is COc1cc2c(=O)n(Cc3ccc(C(=O)NCc4ccco4)cc3)c(=O)n(Cc3cccc(F)c3)c2cc1OC. The maximum Gasteiger partial charge on any atom is 0.332 e. The Kier molecular flexibility index (Phi) is 7.50. The van der Waals surface area contributed by atoms with E-state index < -0.39 is 17.1 Å². The zero-order valence-corrected chi connectivity index (χ0v) is 21.8. The van der Waals surface area contributed by atoms with Crippen molar-refractivity contribution in [3.63, 3.8) is 0 Å². The molecule has 0 saturated heterocycles. The summed E-state index contributed by atoms with van der Waals surface area (Å²) in [6, 6.07) is 19.1. The molecule has 5 rings (SSSR count). The molecule has 0 aliphatic carbocycles. The predicted octanol–water partition coefficient (Wildman–Crippen LogP) is 3.94. The zero-order valence-electron chi connectivity index (χ0n) is 21.8. The van der Waals surface area contributed by atoms with Gasteiger partial charge in [-0.1, -0.05) is 24.3 Å². The minimum atomic E-state index is -0.575. The molecule has 9 nitrogen and oxygen atoms in total. The molecule has 0 fully saturated rings. The molecule has 0 unspecified atom stereocenters. The van der Waals surface area contributed by atoms with Crippen LogP contribution in [0.3, 0.4) is 0 Å². The molecule has 10 heteroatoms. The standard InChI is InChI=1S/C30H26FN3O6/c1-38-26-14-24-25(15-27(26)39-2)33(18-20-5-3-6-22(31)13-20)30(37)34(29(24)36)17-19-8-10-21(11-9-19)28(35)32-16-23-7-4-12-40-23/h3-15H,16-18H2,1-2H3,(H,32,35). The van der Waals surface area contributed by atoms with E-state index in [2.05, 4.69) is 5.32 Å². The summed E-state index contributed by atoms with van der Waals surface area (Å²) in [6.45, 7) is 0.232. The lowest BCUT2D eigenvalue weighted by Gasteiger charge is -2.17. The highest BCUT2D eigenvalue weighted by molar-refractivity contribution is 5.94. The molecule has 204 valence electrons. The molecule has 40 heavy (non-hydrogen) atoms. The average molecular weight is 544 g/mol. The van der Waals surface area contributed by atoms with Gasteiger partial charge >= 0.3 is 5.69 Å².